The maximum Gasteiger partial charge on any atom is 0.225 e. The molecule has 0 spiro atoms. The van der Waals surface area contributed by atoms with Gasteiger partial charge in [0.2, 0.25) is 5.95 Å². The molecule has 2 aliphatic rings. The van der Waals surface area contributed by atoms with Crippen LogP contribution in [0.1, 0.15) is 54.8 Å². The van der Waals surface area contributed by atoms with Crippen LogP contribution in [0.15, 0.2) is 78.8 Å². The Morgan fingerprint density at radius 2 is 1.87 bits per heavy atom. The number of hydrogen-bond acceptors (Lipinski definition) is 4. The second kappa shape index (κ2) is 7.99. The lowest BCUT2D eigenvalue weighted by atomic mass is 9.77. The number of hydrogen-bond donors (Lipinski definition) is 1. The van der Waals surface area contributed by atoms with Gasteiger partial charge < -0.3 is 5.32 Å². The van der Waals surface area contributed by atoms with Crippen LogP contribution in [-0.4, -0.2) is 20.5 Å². The molecule has 5 nitrogen and oxygen atoms in total. The number of nitrogens with zero attached hydrogens (tertiary/aromatic N) is 3. The Balaban J connectivity index is 1.49. The number of fused-ring (bicyclic) bond motifs is 2. The quantitative estimate of drug-likeness (QED) is 0.631. The minimum atomic E-state index is -0.277. The van der Waals surface area contributed by atoms with Gasteiger partial charge in [0.15, 0.2) is 0 Å². The first kappa shape index (κ1) is 19.5. The van der Waals surface area contributed by atoms with E-state index in [1.165, 1.54) is 17.5 Å². The van der Waals surface area contributed by atoms with Gasteiger partial charge in [0, 0.05) is 18.0 Å². The maximum absolute atomic E-state index is 13.4. The Kier molecular flexibility index (Phi) is 5.02. The SMILES string of the molecule is CC(C)c1ccc([C@@H]2C=C3Nc4ncnn4[C@H](/C=C/c4ccccc4)[C@@H]3C(=O)C2)cc1. The number of aromatic nitrogens is 3. The van der Waals surface area contributed by atoms with Crippen LogP contribution in [0.2, 0.25) is 0 Å². The molecule has 2 heterocycles. The Hall–Kier alpha value is -3.47. The predicted molar refractivity (Wildman–Crippen MR) is 123 cm³/mol. The average molecular weight is 411 g/mol. The number of nitrogens with one attached hydrogen (secondary N) is 1. The number of Topliss-reactive ketones (excluding diaryl/α,β-unsaturated/α-hetero) is 1. The zero-order valence-electron chi connectivity index (χ0n) is 17.8. The molecule has 3 atom stereocenters. The molecule has 0 radical (unpaired) electrons. The summed E-state index contributed by atoms with van der Waals surface area (Å²) in [4.78, 5) is 17.7. The van der Waals surface area contributed by atoms with Crippen LogP contribution in [0.4, 0.5) is 5.95 Å². The van der Waals surface area contributed by atoms with Gasteiger partial charge >= 0.3 is 0 Å². The number of allylic oxidation sites excluding steroid dienone is 3. The normalized spacial score (nSPS) is 22.7. The summed E-state index contributed by atoms with van der Waals surface area (Å²) in [6.07, 6.45) is 8.37. The largest absolute Gasteiger partial charge is 0.328 e. The van der Waals surface area contributed by atoms with E-state index < -0.39 is 0 Å². The molecule has 1 N–H and O–H groups in total. The van der Waals surface area contributed by atoms with Crippen molar-refractivity contribution in [3.8, 4) is 0 Å². The van der Waals surface area contributed by atoms with Crippen molar-refractivity contribution in [2.24, 2.45) is 5.92 Å². The molecule has 0 fully saturated rings. The summed E-state index contributed by atoms with van der Waals surface area (Å²) in [5.74, 6) is 1.19. The molecule has 31 heavy (non-hydrogen) atoms. The summed E-state index contributed by atoms with van der Waals surface area (Å²) >= 11 is 0. The van der Waals surface area contributed by atoms with Gasteiger partial charge in [-0.1, -0.05) is 86.7 Å². The molecule has 5 rings (SSSR count). The molecule has 156 valence electrons. The number of anilines is 1. The van der Waals surface area contributed by atoms with Gasteiger partial charge in [0.05, 0.1) is 12.0 Å². The lowest BCUT2D eigenvalue weighted by Gasteiger charge is -2.36. The standard InChI is InChI=1S/C26H26N4O/c1-17(2)19-9-11-20(12-10-19)21-14-22-25(24(31)15-21)23(30-26(29-22)27-16-28-30)13-8-18-6-4-3-5-7-18/h3-14,16-17,21,23,25H,15H2,1-2H3,(H,27,28,29)/b13-8+/t21-,23-,25-/m1/s1. The molecular formula is C26H26N4O. The van der Waals surface area contributed by atoms with E-state index in [2.05, 4.69) is 83.9 Å². The van der Waals surface area contributed by atoms with Crippen LogP contribution >= 0.6 is 0 Å². The highest BCUT2D eigenvalue weighted by molar-refractivity contribution is 5.88. The summed E-state index contributed by atoms with van der Waals surface area (Å²) in [6.45, 7) is 4.38. The maximum atomic E-state index is 13.4. The third kappa shape index (κ3) is 3.72. The van der Waals surface area contributed by atoms with Crippen molar-refractivity contribution in [2.75, 3.05) is 5.32 Å². The highest BCUT2D eigenvalue weighted by Gasteiger charge is 2.41. The van der Waals surface area contributed by atoms with E-state index in [4.69, 9.17) is 0 Å². The van der Waals surface area contributed by atoms with Gasteiger partial charge in [0.1, 0.15) is 12.1 Å². The molecule has 0 amide bonds. The van der Waals surface area contributed by atoms with Crippen LogP contribution in [-0.2, 0) is 4.79 Å². The second-order valence-electron chi connectivity index (χ2n) is 8.61. The third-order valence-corrected chi connectivity index (χ3v) is 6.25. The third-order valence-electron chi connectivity index (χ3n) is 6.25. The Labute approximate surface area is 182 Å². The van der Waals surface area contributed by atoms with Gasteiger partial charge in [-0.25, -0.2) is 4.68 Å². The van der Waals surface area contributed by atoms with Gasteiger partial charge in [-0.3, -0.25) is 4.79 Å². The number of benzene rings is 2. The molecule has 0 saturated heterocycles. The minimum Gasteiger partial charge on any atom is -0.328 e. The first-order chi connectivity index (χ1) is 15.1. The summed E-state index contributed by atoms with van der Waals surface area (Å²) < 4.78 is 1.82. The van der Waals surface area contributed by atoms with Crippen LogP contribution in [0.5, 0.6) is 0 Å². The van der Waals surface area contributed by atoms with Crippen LogP contribution in [0, 0.1) is 5.92 Å². The van der Waals surface area contributed by atoms with Gasteiger partial charge in [-0.05, 0) is 22.6 Å². The Morgan fingerprint density at radius 3 is 2.61 bits per heavy atom. The van der Waals surface area contributed by atoms with Gasteiger partial charge in [-0.15, -0.1) is 0 Å². The molecule has 1 aliphatic heterocycles. The summed E-state index contributed by atoms with van der Waals surface area (Å²) in [5.41, 5.74) is 4.51. The van der Waals surface area contributed by atoms with Crippen LogP contribution in [0.3, 0.4) is 0 Å². The van der Waals surface area contributed by atoms with E-state index >= 15 is 0 Å². The average Bonchev–Trinajstić information content (AvgIpc) is 3.26. The summed E-state index contributed by atoms with van der Waals surface area (Å²) in [6, 6.07) is 18.6. The lowest BCUT2D eigenvalue weighted by molar-refractivity contribution is -0.123. The Morgan fingerprint density at radius 1 is 1.10 bits per heavy atom. The molecule has 2 aromatic carbocycles. The zero-order chi connectivity index (χ0) is 21.4. The Bertz CT molecular complexity index is 1140. The molecular weight excluding hydrogens is 384 g/mol. The van der Waals surface area contributed by atoms with Crippen LogP contribution in [0.25, 0.3) is 6.08 Å². The molecule has 1 aliphatic carbocycles. The van der Waals surface area contributed by atoms with Crippen molar-refractivity contribution >= 4 is 17.8 Å². The molecule has 1 aromatic heterocycles. The van der Waals surface area contributed by atoms with Crippen LogP contribution < -0.4 is 5.32 Å². The number of carbonyl (C=O) groups is 1. The summed E-state index contributed by atoms with van der Waals surface area (Å²) in [5, 5.41) is 7.75. The van der Waals surface area contributed by atoms with E-state index in [-0.39, 0.29) is 23.7 Å². The van der Waals surface area contributed by atoms with Gasteiger partial charge in [0.25, 0.3) is 0 Å². The predicted octanol–water partition coefficient (Wildman–Crippen LogP) is 5.34. The summed E-state index contributed by atoms with van der Waals surface area (Å²) in [7, 11) is 0. The van der Waals surface area contributed by atoms with Gasteiger partial charge in [-0.2, -0.15) is 10.1 Å². The highest BCUT2D eigenvalue weighted by atomic mass is 16.1. The first-order valence-electron chi connectivity index (χ1n) is 10.8. The topological polar surface area (TPSA) is 59.8 Å². The molecule has 0 bridgehead atoms. The highest BCUT2D eigenvalue weighted by Crippen LogP contribution is 2.42. The second-order valence-corrected chi connectivity index (χ2v) is 8.61. The van der Waals surface area contributed by atoms with Crippen molar-refractivity contribution in [2.45, 2.75) is 38.1 Å². The fraction of sp³-hybridized carbons (Fsp3) is 0.269. The first-order valence-corrected chi connectivity index (χ1v) is 10.8. The van der Waals surface area contributed by atoms with E-state index in [1.807, 2.05) is 22.9 Å². The van der Waals surface area contributed by atoms with Crippen molar-refractivity contribution in [3.63, 3.8) is 0 Å². The monoisotopic (exact) mass is 410 g/mol. The van der Waals surface area contributed by atoms with Crippen molar-refractivity contribution in [1.82, 2.24) is 14.8 Å². The smallest absolute Gasteiger partial charge is 0.225 e. The molecule has 3 aromatic rings. The van der Waals surface area contributed by atoms with E-state index in [1.54, 1.807) is 0 Å². The van der Waals surface area contributed by atoms with E-state index in [0.717, 1.165) is 11.3 Å². The fourth-order valence-electron chi connectivity index (χ4n) is 4.53. The number of ketones is 1. The van der Waals surface area contributed by atoms with E-state index in [9.17, 15) is 4.79 Å². The fourth-order valence-corrected chi connectivity index (χ4v) is 4.53. The number of carbonyl (C=O) groups excluding carboxylic acids is 1. The molecule has 5 heteroatoms. The van der Waals surface area contributed by atoms with Crippen molar-refractivity contribution < 1.29 is 4.79 Å². The number of rotatable bonds is 4. The van der Waals surface area contributed by atoms with Crippen molar-refractivity contribution in [3.05, 3.63) is 95.5 Å². The molecule has 0 unspecified atom stereocenters. The minimum absolute atomic E-state index is 0.0701. The van der Waals surface area contributed by atoms with E-state index in [0.29, 0.717) is 18.3 Å². The molecule has 0 saturated carbocycles. The van der Waals surface area contributed by atoms with Crippen molar-refractivity contribution in [1.29, 1.82) is 0 Å². The zero-order valence-corrected chi connectivity index (χ0v) is 17.8. The lowest BCUT2D eigenvalue weighted by Crippen LogP contribution is -2.38.